The lowest BCUT2D eigenvalue weighted by Crippen LogP contribution is -2.44. The molecule has 0 aliphatic carbocycles. The second-order valence-corrected chi connectivity index (χ2v) is 9.98. The highest BCUT2D eigenvalue weighted by molar-refractivity contribution is 6.31. The number of pyridine rings is 2. The Hall–Kier alpha value is -3.68. The van der Waals surface area contributed by atoms with Crippen molar-refractivity contribution in [2.75, 3.05) is 38.1 Å². The Balaban J connectivity index is 1.34. The lowest BCUT2D eigenvalue weighted by molar-refractivity contribution is 0.312. The van der Waals surface area contributed by atoms with E-state index in [1.165, 1.54) is 12.1 Å². The van der Waals surface area contributed by atoms with Crippen LogP contribution in [0.5, 0.6) is 0 Å². The third-order valence-corrected chi connectivity index (χ3v) is 7.32. The Morgan fingerprint density at radius 2 is 1.78 bits per heavy atom. The van der Waals surface area contributed by atoms with E-state index in [4.69, 9.17) is 21.6 Å². The molecule has 1 saturated heterocycles. The second-order valence-electron chi connectivity index (χ2n) is 9.54. The minimum absolute atomic E-state index is 0.0224. The molecule has 0 N–H and O–H groups in total. The molecule has 1 aromatic carbocycles. The highest BCUT2D eigenvalue weighted by atomic mass is 35.5. The predicted molar refractivity (Wildman–Crippen MR) is 148 cm³/mol. The molecule has 6 rings (SSSR count). The predicted octanol–water partition coefficient (Wildman–Crippen LogP) is 5.51. The summed E-state index contributed by atoms with van der Waals surface area (Å²) >= 11 is 6.18. The van der Waals surface area contributed by atoms with E-state index in [0.717, 1.165) is 60.7 Å². The van der Waals surface area contributed by atoms with Crippen LogP contribution in [-0.4, -0.2) is 59.6 Å². The fourth-order valence-corrected chi connectivity index (χ4v) is 5.12. The van der Waals surface area contributed by atoms with Crippen LogP contribution in [0, 0.1) is 11.7 Å². The number of hydrogen-bond donors (Lipinski definition) is 0. The van der Waals surface area contributed by atoms with Crippen molar-refractivity contribution in [2.24, 2.45) is 15.9 Å². The summed E-state index contributed by atoms with van der Waals surface area (Å²) < 4.78 is 14.7. The van der Waals surface area contributed by atoms with Crippen LogP contribution in [0.4, 0.5) is 10.2 Å². The number of fused-ring (bicyclic) bond motifs is 1. The zero-order chi connectivity index (χ0) is 25.4. The van der Waals surface area contributed by atoms with E-state index in [0.29, 0.717) is 22.1 Å². The fraction of sp³-hybridized carbons (Fsp3) is 0.241. The van der Waals surface area contributed by atoms with Crippen molar-refractivity contribution in [3.8, 4) is 11.1 Å². The average molecular weight is 513 g/mol. The number of amidine groups is 1. The van der Waals surface area contributed by atoms with Gasteiger partial charge in [-0.3, -0.25) is 4.98 Å². The van der Waals surface area contributed by atoms with Crippen LogP contribution in [0.1, 0.15) is 17.5 Å². The van der Waals surface area contributed by atoms with E-state index in [1.54, 1.807) is 12.3 Å². The number of nitrogens with zero attached hydrogens (tertiary/aromatic N) is 6. The van der Waals surface area contributed by atoms with Gasteiger partial charge in [0.2, 0.25) is 0 Å². The summed E-state index contributed by atoms with van der Waals surface area (Å²) in [5.74, 6) is 1.27. The van der Waals surface area contributed by atoms with Gasteiger partial charge in [-0.2, -0.15) is 0 Å². The molecule has 3 aliphatic rings. The molecule has 8 heteroatoms. The number of aliphatic imine (C=N–C) groups is 2. The first kappa shape index (κ1) is 23.7. The molecular weight excluding hydrogens is 487 g/mol. The number of benzene rings is 1. The maximum absolute atomic E-state index is 14.7. The van der Waals surface area contributed by atoms with E-state index in [1.807, 2.05) is 30.7 Å². The summed E-state index contributed by atoms with van der Waals surface area (Å²) in [6.07, 6.45) is 12.1. The minimum atomic E-state index is -0.373. The van der Waals surface area contributed by atoms with Gasteiger partial charge in [0, 0.05) is 78.6 Å². The van der Waals surface area contributed by atoms with Crippen molar-refractivity contribution in [3.63, 3.8) is 0 Å². The zero-order valence-corrected chi connectivity index (χ0v) is 21.2. The number of piperazine rings is 1. The summed E-state index contributed by atoms with van der Waals surface area (Å²) in [6.45, 7) is 4.03. The number of anilines is 1. The molecule has 5 heterocycles. The van der Waals surface area contributed by atoms with E-state index in [2.05, 4.69) is 45.0 Å². The molecule has 1 atom stereocenters. The quantitative estimate of drug-likeness (QED) is 0.463. The Morgan fingerprint density at radius 3 is 2.59 bits per heavy atom. The summed E-state index contributed by atoms with van der Waals surface area (Å²) in [5, 5.41) is 0.456. The zero-order valence-electron chi connectivity index (χ0n) is 20.5. The summed E-state index contributed by atoms with van der Waals surface area (Å²) in [4.78, 5) is 23.1. The fourth-order valence-electron chi connectivity index (χ4n) is 4.95. The van der Waals surface area contributed by atoms with E-state index in [9.17, 15) is 4.39 Å². The van der Waals surface area contributed by atoms with Crippen molar-refractivity contribution in [1.29, 1.82) is 0 Å². The molecule has 3 aliphatic heterocycles. The number of hydrogen-bond acceptors (Lipinski definition) is 6. The first-order valence-corrected chi connectivity index (χ1v) is 12.8. The number of likely N-dealkylation sites (N-methyl/N-ethyl adjacent to an activating group) is 1. The molecule has 1 fully saturated rings. The van der Waals surface area contributed by atoms with Crippen molar-refractivity contribution in [1.82, 2.24) is 14.9 Å². The monoisotopic (exact) mass is 512 g/mol. The van der Waals surface area contributed by atoms with Gasteiger partial charge in [0.05, 0.1) is 5.71 Å². The van der Waals surface area contributed by atoms with E-state index >= 15 is 0 Å². The van der Waals surface area contributed by atoms with Crippen molar-refractivity contribution >= 4 is 34.5 Å². The first-order valence-electron chi connectivity index (χ1n) is 12.4. The number of rotatable bonds is 4. The van der Waals surface area contributed by atoms with Crippen LogP contribution in [0.2, 0.25) is 5.02 Å². The third kappa shape index (κ3) is 4.84. The molecule has 0 spiro atoms. The Bertz CT molecular complexity index is 1450. The highest BCUT2D eigenvalue weighted by Gasteiger charge is 2.28. The summed E-state index contributed by atoms with van der Waals surface area (Å²) in [5.41, 5.74) is 4.78. The summed E-state index contributed by atoms with van der Waals surface area (Å²) in [6, 6.07) is 10.8. The number of dihydropyridines is 1. The number of halogens is 2. The Morgan fingerprint density at radius 1 is 0.946 bits per heavy atom. The van der Waals surface area contributed by atoms with Gasteiger partial charge in [-0.1, -0.05) is 17.7 Å². The van der Waals surface area contributed by atoms with Crippen molar-refractivity contribution in [2.45, 2.75) is 6.42 Å². The van der Waals surface area contributed by atoms with Crippen LogP contribution in [-0.2, 0) is 0 Å². The Labute approximate surface area is 220 Å². The Kier molecular flexibility index (Phi) is 6.40. The van der Waals surface area contributed by atoms with Crippen LogP contribution in [0.25, 0.3) is 16.7 Å². The lowest BCUT2D eigenvalue weighted by atomic mass is 9.84. The molecule has 0 amide bonds. The van der Waals surface area contributed by atoms with E-state index < -0.39 is 0 Å². The normalized spacial score (nSPS) is 19.7. The number of aromatic nitrogens is 2. The maximum Gasteiger partial charge on any atom is 0.136 e. The maximum atomic E-state index is 14.7. The SMILES string of the molecule is CN1CCN(c2ccc(-c3cncc(C4=CC(c5cc(Cl)ccc5F)=NC5=NC=CCC45)c3)cn2)CC1. The van der Waals surface area contributed by atoms with Gasteiger partial charge < -0.3 is 9.80 Å². The average Bonchev–Trinajstić information content (AvgIpc) is 2.94. The standard InChI is InChI=1S/C29H26ClFN6/c1-36-9-11-37(12-10-36)28-7-4-19(18-34-28)20-13-21(17-32-16-20)24-15-27(25-14-22(30)5-6-26(25)31)35-29-23(24)3-2-8-33-29/h2,4-8,13-18,23H,3,9-12H2,1H3. The third-order valence-electron chi connectivity index (χ3n) is 7.08. The van der Waals surface area contributed by atoms with Crippen molar-refractivity contribution < 1.29 is 4.39 Å². The molecule has 37 heavy (non-hydrogen) atoms. The van der Waals surface area contributed by atoms with Crippen LogP contribution in [0.15, 0.2) is 83.3 Å². The largest absolute Gasteiger partial charge is 0.354 e. The summed E-state index contributed by atoms with van der Waals surface area (Å²) in [7, 11) is 2.15. The second kappa shape index (κ2) is 10.00. The highest BCUT2D eigenvalue weighted by Crippen LogP contribution is 2.36. The molecule has 6 nitrogen and oxygen atoms in total. The van der Waals surface area contributed by atoms with Gasteiger partial charge in [0.25, 0.3) is 0 Å². The molecular formula is C29H26ClFN6. The van der Waals surface area contributed by atoms with Gasteiger partial charge in [-0.05, 0) is 67.1 Å². The van der Waals surface area contributed by atoms with Crippen molar-refractivity contribution in [3.05, 3.63) is 95.3 Å². The van der Waals surface area contributed by atoms with Gasteiger partial charge in [-0.15, -0.1) is 0 Å². The van der Waals surface area contributed by atoms with Gasteiger partial charge in [0.15, 0.2) is 0 Å². The molecule has 0 radical (unpaired) electrons. The molecule has 186 valence electrons. The van der Waals surface area contributed by atoms with Crippen LogP contribution in [0.3, 0.4) is 0 Å². The minimum Gasteiger partial charge on any atom is -0.354 e. The molecule has 1 unspecified atom stereocenters. The van der Waals surface area contributed by atoms with Crippen LogP contribution < -0.4 is 4.90 Å². The van der Waals surface area contributed by atoms with Gasteiger partial charge >= 0.3 is 0 Å². The van der Waals surface area contributed by atoms with Gasteiger partial charge in [0.1, 0.15) is 17.5 Å². The molecule has 0 saturated carbocycles. The lowest BCUT2D eigenvalue weighted by Gasteiger charge is -2.33. The molecule has 3 aromatic rings. The smallest absolute Gasteiger partial charge is 0.136 e. The topological polar surface area (TPSA) is 57.0 Å². The van der Waals surface area contributed by atoms with Crippen LogP contribution >= 0.6 is 11.6 Å². The van der Waals surface area contributed by atoms with E-state index in [-0.39, 0.29) is 11.7 Å². The molecule has 2 aromatic heterocycles. The number of allylic oxidation sites excluding steroid dienone is 2. The first-order chi connectivity index (χ1) is 18.0. The molecule has 0 bridgehead atoms. The van der Waals surface area contributed by atoms with Gasteiger partial charge in [-0.25, -0.2) is 19.4 Å².